The molecule has 1 atom stereocenters. The molecule has 0 aliphatic carbocycles. The Hall–Kier alpha value is -3.42. The molecular weight excluding hydrogens is 438 g/mol. The molecule has 0 amide bonds. The summed E-state index contributed by atoms with van der Waals surface area (Å²) in [5.74, 6) is 2.03. The fraction of sp³-hybridized carbons (Fsp3) is 0.240. The molecule has 0 saturated carbocycles. The highest BCUT2D eigenvalue weighted by atomic mass is 35.5. The van der Waals surface area contributed by atoms with Crippen molar-refractivity contribution in [2.24, 2.45) is 0 Å². The highest BCUT2D eigenvalue weighted by molar-refractivity contribution is 6.32. The predicted octanol–water partition coefficient (Wildman–Crippen LogP) is 5.13. The summed E-state index contributed by atoms with van der Waals surface area (Å²) in [5, 5.41) is 8.10. The van der Waals surface area contributed by atoms with Crippen LogP contribution in [0.4, 0.5) is 11.5 Å². The monoisotopic (exact) mass is 461 g/mol. The molecule has 2 N–H and O–H groups in total. The van der Waals surface area contributed by atoms with Gasteiger partial charge in [0.15, 0.2) is 0 Å². The van der Waals surface area contributed by atoms with Gasteiger partial charge in [-0.15, -0.1) is 0 Å². The minimum Gasteiger partial charge on any atom is -0.488 e. The van der Waals surface area contributed by atoms with Crippen LogP contribution in [0, 0.1) is 0 Å². The van der Waals surface area contributed by atoms with Crippen molar-refractivity contribution in [2.75, 3.05) is 18.4 Å². The van der Waals surface area contributed by atoms with Gasteiger partial charge in [-0.1, -0.05) is 23.7 Å². The standard InChI is InChI=1S/C25H24ClN5O2/c26-20-13-17(9-10-22(20)32-15-18-5-1-2-12-28-18)31-25-24-21(29-16-30-25)7-3-8-23(24)33-19-6-4-11-27-14-19/h1-3,5,7-10,12-13,16,19,27H,4,6,11,14-15H2,(H,29,30,31)/t19-/m0/s1. The average molecular weight is 462 g/mol. The molecule has 1 saturated heterocycles. The van der Waals surface area contributed by atoms with Crippen LogP contribution >= 0.6 is 11.6 Å². The number of rotatable bonds is 7. The Morgan fingerprint density at radius 1 is 1.03 bits per heavy atom. The summed E-state index contributed by atoms with van der Waals surface area (Å²) >= 11 is 6.49. The first-order valence-electron chi connectivity index (χ1n) is 11.0. The van der Waals surface area contributed by atoms with Gasteiger partial charge in [0, 0.05) is 18.4 Å². The van der Waals surface area contributed by atoms with Crippen molar-refractivity contribution in [3.05, 3.63) is 77.8 Å². The van der Waals surface area contributed by atoms with Gasteiger partial charge in [-0.25, -0.2) is 9.97 Å². The maximum absolute atomic E-state index is 6.49. The minimum atomic E-state index is 0.127. The second-order valence-electron chi connectivity index (χ2n) is 7.84. The molecule has 1 aliphatic rings. The average Bonchev–Trinajstić information content (AvgIpc) is 2.85. The van der Waals surface area contributed by atoms with Crippen molar-refractivity contribution >= 4 is 34.0 Å². The van der Waals surface area contributed by atoms with E-state index in [1.807, 2.05) is 54.6 Å². The van der Waals surface area contributed by atoms with Crippen LogP contribution in [0.5, 0.6) is 11.5 Å². The number of anilines is 2. The Kier molecular flexibility index (Phi) is 6.51. The summed E-state index contributed by atoms with van der Waals surface area (Å²) in [5.41, 5.74) is 2.44. The number of aromatic nitrogens is 3. The second-order valence-corrected chi connectivity index (χ2v) is 8.25. The van der Waals surface area contributed by atoms with Crippen LogP contribution in [0.2, 0.25) is 5.02 Å². The second kappa shape index (κ2) is 10.0. The maximum atomic E-state index is 6.49. The molecule has 3 heterocycles. The van der Waals surface area contributed by atoms with Crippen LogP contribution in [0.1, 0.15) is 18.5 Å². The van der Waals surface area contributed by atoms with E-state index in [4.69, 9.17) is 21.1 Å². The van der Waals surface area contributed by atoms with Gasteiger partial charge in [0.1, 0.15) is 36.4 Å². The third-order valence-electron chi connectivity index (χ3n) is 5.47. The minimum absolute atomic E-state index is 0.127. The van der Waals surface area contributed by atoms with E-state index in [1.54, 1.807) is 12.5 Å². The number of nitrogens with zero attached hydrogens (tertiary/aromatic N) is 3. The lowest BCUT2D eigenvalue weighted by Crippen LogP contribution is -2.37. The van der Waals surface area contributed by atoms with Gasteiger partial charge < -0.3 is 20.1 Å². The number of piperidine rings is 1. The molecule has 2 aromatic heterocycles. The van der Waals surface area contributed by atoms with Crippen LogP contribution in [0.15, 0.2) is 67.1 Å². The van der Waals surface area contributed by atoms with Crippen LogP contribution in [0.3, 0.4) is 0 Å². The fourth-order valence-corrected chi connectivity index (χ4v) is 4.07. The lowest BCUT2D eigenvalue weighted by Gasteiger charge is -2.24. The van der Waals surface area contributed by atoms with E-state index in [1.165, 1.54) is 0 Å². The maximum Gasteiger partial charge on any atom is 0.145 e. The Balaban J connectivity index is 1.36. The lowest BCUT2D eigenvalue weighted by atomic mass is 10.1. The topological polar surface area (TPSA) is 81.2 Å². The molecule has 1 fully saturated rings. The zero-order valence-corrected chi connectivity index (χ0v) is 18.8. The highest BCUT2D eigenvalue weighted by Gasteiger charge is 2.18. The molecule has 4 aromatic rings. The normalized spacial score (nSPS) is 15.8. The molecule has 2 aromatic carbocycles. The molecule has 1 aliphatic heterocycles. The summed E-state index contributed by atoms with van der Waals surface area (Å²) in [6, 6.07) is 17.1. The van der Waals surface area contributed by atoms with Gasteiger partial charge in [0.05, 0.1) is 21.6 Å². The summed E-state index contributed by atoms with van der Waals surface area (Å²) in [7, 11) is 0. The van der Waals surface area contributed by atoms with E-state index in [0.29, 0.717) is 23.2 Å². The molecule has 5 rings (SSSR count). The molecular formula is C25H24ClN5O2. The fourth-order valence-electron chi connectivity index (χ4n) is 3.84. The van der Waals surface area contributed by atoms with Gasteiger partial charge in [0.25, 0.3) is 0 Å². The highest BCUT2D eigenvalue weighted by Crippen LogP contribution is 2.34. The summed E-state index contributed by atoms with van der Waals surface area (Å²) in [6.07, 6.45) is 5.53. The number of halogens is 1. The first-order chi connectivity index (χ1) is 16.3. The SMILES string of the molecule is Clc1cc(Nc2ncnc3cccc(O[C@H]4CCCNC4)c23)ccc1OCc1ccccn1. The van der Waals surface area contributed by atoms with Crippen molar-refractivity contribution in [1.29, 1.82) is 0 Å². The molecule has 7 nitrogen and oxygen atoms in total. The zero-order chi connectivity index (χ0) is 22.5. The molecule has 0 bridgehead atoms. The van der Waals surface area contributed by atoms with Crippen molar-refractivity contribution < 1.29 is 9.47 Å². The molecule has 0 unspecified atom stereocenters. The Labute approximate surface area is 197 Å². The van der Waals surface area contributed by atoms with Crippen molar-refractivity contribution in [1.82, 2.24) is 20.3 Å². The Morgan fingerprint density at radius 2 is 2.00 bits per heavy atom. The third-order valence-corrected chi connectivity index (χ3v) is 5.76. The van der Waals surface area contributed by atoms with Crippen molar-refractivity contribution in [3.63, 3.8) is 0 Å². The summed E-state index contributed by atoms with van der Waals surface area (Å²) in [6.45, 7) is 2.22. The van der Waals surface area contributed by atoms with E-state index in [0.717, 1.165) is 54.0 Å². The number of fused-ring (bicyclic) bond motifs is 1. The lowest BCUT2D eigenvalue weighted by molar-refractivity contribution is 0.169. The first kappa shape index (κ1) is 21.4. The van der Waals surface area contributed by atoms with E-state index < -0.39 is 0 Å². The van der Waals surface area contributed by atoms with E-state index in [2.05, 4.69) is 25.6 Å². The quantitative estimate of drug-likeness (QED) is 0.394. The summed E-state index contributed by atoms with van der Waals surface area (Å²) < 4.78 is 12.2. The zero-order valence-electron chi connectivity index (χ0n) is 18.0. The van der Waals surface area contributed by atoms with Crippen molar-refractivity contribution in [2.45, 2.75) is 25.6 Å². The van der Waals surface area contributed by atoms with E-state index >= 15 is 0 Å². The number of benzene rings is 2. The van der Waals surface area contributed by atoms with Gasteiger partial charge >= 0.3 is 0 Å². The van der Waals surface area contributed by atoms with Gasteiger partial charge in [-0.2, -0.15) is 0 Å². The van der Waals surface area contributed by atoms with Gasteiger partial charge in [-0.3, -0.25) is 4.98 Å². The largest absolute Gasteiger partial charge is 0.488 e. The predicted molar refractivity (Wildman–Crippen MR) is 129 cm³/mol. The third kappa shape index (κ3) is 5.16. The first-order valence-corrected chi connectivity index (χ1v) is 11.3. The Bertz CT molecular complexity index is 1230. The molecule has 8 heteroatoms. The molecule has 33 heavy (non-hydrogen) atoms. The van der Waals surface area contributed by atoms with E-state index in [-0.39, 0.29) is 6.10 Å². The van der Waals surface area contributed by atoms with Crippen LogP contribution in [-0.4, -0.2) is 34.1 Å². The number of ether oxygens (including phenoxy) is 2. The number of hydrogen-bond acceptors (Lipinski definition) is 7. The summed E-state index contributed by atoms with van der Waals surface area (Å²) in [4.78, 5) is 13.2. The Morgan fingerprint density at radius 3 is 2.82 bits per heavy atom. The molecule has 0 radical (unpaired) electrons. The van der Waals surface area contributed by atoms with Crippen LogP contribution in [0.25, 0.3) is 10.9 Å². The molecule has 168 valence electrons. The van der Waals surface area contributed by atoms with Gasteiger partial charge in [0.2, 0.25) is 0 Å². The molecule has 0 spiro atoms. The van der Waals surface area contributed by atoms with Gasteiger partial charge in [-0.05, 0) is 61.9 Å². The van der Waals surface area contributed by atoms with Crippen LogP contribution < -0.4 is 20.1 Å². The smallest absolute Gasteiger partial charge is 0.145 e. The van der Waals surface area contributed by atoms with E-state index in [9.17, 15) is 0 Å². The number of hydrogen-bond donors (Lipinski definition) is 2. The number of pyridine rings is 1. The number of nitrogens with one attached hydrogen (secondary N) is 2. The van der Waals surface area contributed by atoms with Crippen molar-refractivity contribution in [3.8, 4) is 11.5 Å². The van der Waals surface area contributed by atoms with Crippen LogP contribution in [-0.2, 0) is 6.61 Å².